The van der Waals surface area contributed by atoms with Crippen molar-refractivity contribution in [1.82, 2.24) is 4.98 Å². The second-order valence-corrected chi connectivity index (χ2v) is 6.87. The zero-order valence-corrected chi connectivity index (χ0v) is 16.5. The van der Waals surface area contributed by atoms with Crippen LogP contribution in [0.15, 0.2) is 42.6 Å². The van der Waals surface area contributed by atoms with Gasteiger partial charge in [-0.05, 0) is 56.9 Å². The molecule has 1 aromatic carbocycles. The molecule has 1 aliphatic heterocycles. The van der Waals surface area contributed by atoms with Gasteiger partial charge in [-0.15, -0.1) is 0 Å². The van der Waals surface area contributed by atoms with Crippen molar-refractivity contribution in [3.8, 4) is 0 Å². The van der Waals surface area contributed by atoms with Gasteiger partial charge in [0.05, 0.1) is 17.9 Å². The highest BCUT2D eigenvalue weighted by Gasteiger charge is 2.23. The van der Waals surface area contributed by atoms with Crippen LogP contribution in [0.4, 0.5) is 11.5 Å². The first-order chi connectivity index (χ1) is 13.6. The highest BCUT2D eigenvalue weighted by atomic mass is 16.5. The summed E-state index contributed by atoms with van der Waals surface area (Å²) in [4.78, 5) is 31.7. The Hall–Kier alpha value is -2.89. The number of benzene rings is 1. The van der Waals surface area contributed by atoms with E-state index in [4.69, 9.17) is 4.74 Å². The number of piperidine rings is 1. The minimum atomic E-state index is -0.451. The Morgan fingerprint density at radius 3 is 2.82 bits per heavy atom. The Balaban J connectivity index is 1.80. The summed E-state index contributed by atoms with van der Waals surface area (Å²) in [6.07, 6.45) is 6.26. The van der Waals surface area contributed by atoms with Crippen LogP contribution in [-0.4, -0.2) is 36.1 Å². The van der Waals surface area contributed by atoms with E-state index in [0.717, 1.165) is 31.6 Å². The number of nitrogens with zero attached hydrogens (tertiary/aromatic N) is 2. The van der Waals surface area contributed by atoms with Gasteiger partial charge in [-0.1, -0.05) is 19.1 Å². The molecule has 1 atom stereocenters. The molecule has 1 aromatic heterocycles. The second-order valence-electron chi connectivity index (χ2n) is 6.87. The number of hydrogen-bond acceptors (Lipinski definition) is 5. The molecule has 0 spiro atoms. The van der Waals surface area contributed by atoms with Crippen molar-refractivity contribution in [3.63, 3.8) is 0 Å². The fourth-order valence-corrected chi connectivity index (χ4v) is 3.62. The lowest BCUT2D eigenvalue weighted by molar-refractivity contribution is 0.0527. The first kappa shape index (κ1) is 19.9. The number of pyridine rings is 1. The molecule has 3 rings (SSSR count). The van der Waals surface area contributed by atoms with E-state index >= 15 is 0 Å². The Labute approximate surface area is 165 Å². The van der Waals surface area contributed by atoms with Gasteiger partial charge in [0.15, 0.2) is 0 Å². The fourth-order valence-electron chi connectivity index (χ4n) is 3.62. The first-order valence-corrected chi connectivity index (χ1v) is 9.94. The zero-order chi connectivity index (χ0) is 19.9. The van der Waals surface area contributed by atoms with Gasteiger partial charge in [-0.2, -0.15) is 0 Å². The number of esters is 1. The summed E-state index contributed by atoms with van der Waals surface area (Å²) in [5.41, 5.74) is 1.30. The minimum Gasteiger partial charge on any atom is -0.462 e. The van der Waals surface area contributed by atoms with Gasteiger partial charge >= 0.3 is 5.97 Å². The maximum absolute atomic E-state index is 12.8. The van der Waals surface area contributed by atoms with Gasteiger partial charge in [-0.3, -0.25) is 4.79 Å². The van der Waals surface area contributed by atoms with Gasteiger partial charge in [0.2, 0.25) is 0 Å². The van der Waals surface area contributed by atoms with E-state index in [2.05, 4.69) is 22.1 Å². The third kappa shape index (κ3) is 4.50. The molecule has 1 unspecified atom stereocenters. The molecule has 6 nitrogen and oxygen atoms in total. The van der Waals surface area contributed by atoms with Crippen LogP contribution < -0.4 is 10.2 Å². The number of amides is 1. The van der Waals surface area contributed by atoms with Crippen LogP contribution in [-0.2, 0) is 4.74 Å². The van der Waals surface area contributed by atoms with E-state index in [-0.39, 0.29) is 12.5 Å². The zero-order valence-electron chi connectivity index (χ0n) is 16.5. The lowest BCUT2D eigenvalue weighted by atomic mass is 10.00. The summed E-state index contributed by atoms with van der Waals surface area (Å²) in [5.74, 6) is 0.108. The first-order valence-electron chi connectivity index (χ1n) is 9.94. The highest BCUT2D eigenvalue weighted by molar-refractivity contribution is 6.08. The molecule has 0 saturated carbocycles. The SMILES string of the molecule is CCOC(=O)c1ccccc1NC(=O)c1ccnc(N2CCCCC2CC)c1. The van der Waals surface area contributed by atoms with Crippen LogP contribution in [0.1, 0.15) is 60.2 Å². The van der Waals surface area contributed by atoms with Crippen molar-refractivity contribution in [2.45, 2.75) is 45.6 Å². The maximum Gasteiger partial charge on any atom is 0.340 e. The highest BCUT2D eigenvalue weighted by Crippen LogP contribution is 2.26. The van der Waals surface area contributed by atoms with Gasteiger partial charge in [0.1, 0.15) is 5.82 Å². The molecule has 6 heteroatoms. The van der Waals surface area contributed by atoms with Gasteiger partial charge in [-0.25, -0.2) is 9.78 Å². The van der Waals surface area contributed by atoms with Crippen molar-refractivity contribution in [3.05, 3.63) is 53.7 Å². The van der Waals surface area contributed by atoms with Crippen LogP contribution in [0.2, 0.25) is 0 Å². The third-order valence-corrected chi connectivity index (χ3v) is 5.07. The molecule has 2 aromatic rings. The normalized spacial score (nSPS) is 16.5. The van der Waals surface area contributed by atoms with Gasteiger partial charge < -0.3 is 15.0 Å². The van der Waals surface area contributed by atoms with Crippen molar-refractivity contribution in [2.75, 3.05) is 23.4 Å². The monoisotopic (exact) mass is 381 g/mol. The van der Waals surface area contributed by atoms with Crippen molar-refractivity contribution in [1.29, 1.82) is 0 Å². The molecule has 1 N–H and O–H groups in total. The van der Waals surface area contributed by atoms with Crippen LogP contribution in [0.25, 0.3) is 0 Å². The smallest absolute Gasteiger partial charge is 0.340 e. The van der Waals surface area contributed by atoms with E-state index in [1.165, 1.54) is 6.42 Å². The average Bonchev–Trinajstić information content (AvgIpc) is 2.74. The number of ether oxygens (including phenoxy) is 1. The van der Waals surface area contributed by atoms with Crippen LogP contribution in [0.5, 0.6) is 0 Å². The molecule has 1 saturated heterocycles. The molecule has 0 aliphatic carbocycles. The molecule has 0 radical (unpaired) electrons. The summed E-state index contributed by atoms with van der Waals surface area (Å²) in [6, 6.07) is 10.8. The van der Waals surface area contributed by atoms with Gasteiger partial charge in [0, 0.05) is 24.3 Å². The summed E-state index contributed by atoms with van der Waals surface area (Å²) >= 11 is 0. The number of para-hydroxylation sites is 1. The second kappa shape index (κ2) is 9.35. The fraction of sp³-hybridized carbons (Fsp3) is 0.409. The molecular formula is C22H27N3O3. The molecule has 1 fully saturated rings. The topological polar surface area (TPSA) is 71.5 Å². The standard InChI is InChI=1S/C22H27N3O3/c1-3-17-9-7-8-14-25(17)20-15-16(12-13-23-20)21(26)24-19-11-6-5-10-18(19)22(27)28-4-2/h5-6,10-13,15,17H,3-4,7-9,14H2,1-2H3,(H,24,26). The predicted molar refractivity (Wildman–Crippen MR) is 110 cm³/mol. The Kier molecular flexibility index (Phi) is 6.63. The maximum atomic E-state index is 12.8. The Morgan fingerprint density at radius 2 is 2.04 bits per heavy atom. The predicted octanol–water partition coefficient (Wildman–Crippen LogP) is 4.28. The summed E-state index contributed by atoms with van der Waals surface area (Å²) in [7, 11) is 0. The lowest BCUT2D eigenvalue weighted by Crippen LogP contribution is -2.39. The summed E-state index contributed by atoms with van der Waals surface area (Å²) in [6.45, 7) is 5.18. The molecule has 28 heavy (non-hydrogen) atoms. The number of nitrogens with one attached hydrogen (secondary N) is 1. The van der Waals surface area contributed by atoms with E-state index in [0.29, 0.717) is 22.9 Å². The molecule has 1 amide bonds. The summed E-state index contributed by atoms with van der Waals surface area (Å²) < 4.78 is 5.07. The molecule has 2 heterocycles. The molecule has 1 aliphatic rings. The van der Waals surface area contributed by atoms with E-state index < -0.39 is 5.97 Å². The van der Waals surface area contributed by atoms with Crippen LogP contribution in [0, 0.1) is 0 Å². The number of aromatic nitrogens is 1. The number of carbonyl (C=O) groups is 2. The largest absolute Gasteiger partial charge is 0.462 e. The van der Waals surface area contributed by atoms with E-state index in [9.17, 15) is 9.59 Å². The van der Waals surface area contributed by atoms with Crippen LogP contribution in [0.3, 0.4) is 0 Å². The number of anilines is 2. The van der Waals surface area contributed by atoms with Gasteiger partial charge in [0.25, 0.3) is 5.91 Å². The number of hydrogen-bond donors (Lipinski definition) is 1. The van der Waals surface area contributed by atoms with E-state index in [1.54, 1.807) is 43.5 Å². The van der Waals surface area contributed by atoms with Crippen molar-refractivity contribution >= 4 is 23.4 Å². The third-order valence-electron chi connectivity index (χ3n) is 5.07. The minimum absolute atomic E-state index is 0.273. The Morgan fingerprint density at radius 1 is 1.21 bits per heavy atom. The number of rotatable bonds is 6. The van der Waals surface area contributed by atoms with Crippen molar-refractivity contribution in [2.24, 2.45) is 0 Å². The molecule has 0 bridgehead atoms. The average molecular weight is 381 g/mol. The lowest BCUT2D eigenvalue weighted by Gasteiger charge is -2.36. The Bertz CT molecular complexity index is 837. The van der Waals surface area contributed by atoms with Crippen molar-refractivity contribution < 1.29 is 14.3 Å². The van der Waals surface area contributed by atoms with E-state index in [1.807, 2.05) is 6.07 Å². The molecule has 148 valence electrons. The molecular weight excluding hydrogens is 354 g/mol. The summed E-state index contributed by atoms with van der Waals surface area (Å²) in [5, 5.41) is 2.84. The number of carbonyl (C=O) groups excluding carboxylic acids is 2. The van der Waals surface area contributed by atoms with Crippen LogP contribution >= 0.6 is 0 Å². The quantitative estimate of drug-likeness (QED) is 0.756.